The molecule has 0 bridgehead atoms. The van der Waals surface area contributed by atoms with Gasteiger partial charge in [-0.25, -0.2) is 0 Å². The SMILES string of the molecule is CCOc1cc(NC(=O)c2cccs2)c(OCC)cc1NC(=O)CCC(=O)N1CCCC1. The zero-order chi connectivity index (χ0) is 22.9. The summed E-state index contributed by atoms with van der Waals surface area (Å²) in [5.74, 6) is 0.308. The second-order valence-corrected chi connectivity index (χ2v) is 8.23. The molecule has 2 aromatic rings. The monoisotopic (exact) mass is 459 g/mol. The Labute approximate surface area is 191 Å². The number of nitrogens with zero attached hydrogens (tertiary/aromatic N) is 1. The fourth-order valence-corrected chi connectivity index (χ4v) is 4.07. The third-order valence-electron chi connectivity index (χ3n) is 4.97. The molecule has 3 amide bonds. The fraction of sp³-hybridized carbons (Fsp3) is 0.435. The molecule has 9 heteroatoms. The lowest BCUT2D eigenvalue weighted by Gasteiger charge is -2.18. The van der Waals surface area contributed by atoms with Crippen LogP contribution in [-0.4, -0.2) is 48.9 Å². The molecule has 0 spiro atoms. The van der Waals surface area contributed by atoms with Crippen molar-refractivity contribution >= 4 is 40.4 Å². The molecule has 0 saturated carbocycles. The van der Waals surface area contributed by atoms with E-state index in [-0.39, 0.29) is 30.6 Å². The van der Waals surface area contributed by atoms with Crippen LogP contribution in [0.25, 0.3) is 0 Å². The molecular formula is C23H29N3O5S. The molecule has 1 fully saturated rings. The highest BCUT2D eigenvalue weighted by atomic mass is 32.1. The van der Waals surface area contributed by atoms with Gasteiger partial charge in [0.05, 0.1) is 29.5 Å². The highest BCUT2D eigenvalue weighted by Crippen LogP contribution is 2.37. The fourth-order valence-electron chi connectivity index (χ4n) is 3.45. The molecule has 1 aliphatic heterocycles. The zero-order valence-corrected chi connectivity index (χ0v) is 19.3. The Morgan fingerprint density at radius 3 is 2.16 bits per heavy atom. The molecule has 0 unspecified atom stereocenters. The van der Waals surface area contributed by atoms with Crippen molar-refractivity contribution in [1.82, 2.24) is 4.90 Å². The standard InChI is InChI=1S/C23H29N3O5S/c1-3-30-18-15-17(25-23(29)20-8-7-13-32-20)19(31-4-2)14-16(18)24-21(27)9-10-22(28)26-11-5-6-12-26/h7-8,13-15H,3-6,9-12H2,1-2H3,(H,24,27)(H,25,29). The number of benzene rings is 1. The zero-order valence-electron chi connectivity index (χ0n) is 18.4. The molecule has 32 heavy (non-hydrogen) atoms. The van der Waals surface area contributed by atoms with Gasteiger partial charge in [-0.05, 0) is 38.1 Å². The molecule has 1 aromatic heterocycles. The second-order valence-electron chi connectivity index (χ2n) is 7.28. The molecule has 1 aliphatic rings. The summed E-state index contributed by atoms with van der Waals surface area (Å²) in [5.41, 5.74) is 0.888. The number of likely N-dealkylation sites (tertiary alicyclic amines) is 1. The lowest BCUT2D eigenvalue weighted by Crippen LogP contribution is -2.28. The van der Waals surface area contributed by atoms with Crippen LogP contribution in [0.2, 0.25) is 0 Å². The predicted octanol–water partition coefficient (Wildman–Crippen LogP) is 4.14. The molecule has 1 saturated heterocycles. The van der Waals surface area contributed by atoms with Gasteiger partial charge < -0.3 is 25.0 Å². The van der Waals surface area contributed by atoms with Gasteiger partial charge in [0, 0.05) is 38.1 Å². The van der Waals surface area contributed by atoms with Gasteiger partial charge in [0.1, 0.15) is 11.5 Å². The molecule has 0 atom stereocenters. The predicted molar refractivity (Wildman–Crippen MR) is 125 cm³/mol. The highest BCUT2D eigenvalue weighted by Gasteiger charge is 2.20. The van der Waals surface area contributed by atoms with Crippen molar-refractivity contribution in [2.45, 2.75) is 39.5 Å². The van der Waals surface area contributed by atoms with E-state index in [1.807, 2.05) is 25.3 Å². The number of hydrogen-bond donors (Lipinski definition) is 2. The normalized spacial score (nSPS) is 13.0. The van der Waals surface area contributed by atoms with E-state index in [1.165, 1.54) is 11.3 Å². The maximum absolute atomic E-state index is 12.5. The molecule has 2 heterocycles. The summed E-state index contributed by atoms with van der Waals surface area (Å²) < 4.78 is 11.4. The van der Waals surface area contributed by atoms with Crippen molar-refractivity contribution in [3.05, 3.63) is 34.5 Å². The quantitative estimate of drug-likeness (QED) is 0.557. The number of carbonyl (C=O) groups excluding carboxylic acids is 3. The third-order valence-corrected chi connectivity index (χ3v) is 5.84. The minimum absolute atomic E-state index is 0.00400. The van der Waals surface area contributed by atoms with Crippen LogP contribution >= 0.6 is 11.3 Å². The average molecular weight is 460 g/mol. The van der Waals surface area contributed by atoms with Gasteiger partial charge in [-0.1, -0.05) is 6.07 Å². The van der Waals surface area contributed by atoms with Crippen LogP contribution in [0.1, 0.15) is 49.2 Å². The van der Waals surface area contributed by atoms with Gasteiger partial charge in [-0.2, -0.15) is 0 Å². The summed E-state index contributed by atoms with van der Waals surface area (Å²) in [6, 6.07) is 6.83. The first-order valence-corrected chi connectivity index (χ1v) is 11.8. The number of ether oxygens (including phenoxy) is 2. The Balaban J connectivity index is 1.73. The van der Waals surface area contributed by atoms with E-state index in [4.69, 9.17) is 9.47 Å². The summed E-state index contributed by atoms with van der Waals surface area (Å²) in [6.45, 7) is 5.97. The number of hydrogen-bond acceptors (Lipinski definition) is 6. The van der Waals surface area contributed by atoms with Gasteiger partial charge in [0.15, 0.2) is 0 Å². The molecule has 2 N–H and O–H groups in total. The Bertz CT molecular complexity index is 939. The Morgan fingerprint density at radius 1 is 0.969 bits per heavy atom. The van der Waals surface area contributed by atoms with Gasteiger partial charge in [0.25, 0.3) is 5.91 Å². The van der Waals surface area contributed by atoms with Crippen LogP contribution in [0.5, 0.6) is 11.5 Å². The summed E-state index contributed by atoms with van der Waals surface area (Å²) >= 11 is 1.34. The molecule has 172 valence electrons. The van der Waals surface area contributed by atoms with E-state index < -0.39 is 0 Å². The van der Waals surface area contributed by atoms with Crippen molar-refractivity contribution in [3.8, 4) is 11.5 Å². The maximum Gasteiger partial charge on any atom is 0.265 e. The van der Waals surface area contributed by atoms with Crippen LogP contribution < -0.4 is 20.1 Å². The molecular weight excluding hydrogens is 430 g/mol. The highest BCUT2D eigenvalue weighted by molar-refractivity contribution is 7.12. The van der Waals surface area contributed by atoms with E-state index in [0.29, 0.717) is 41.0 Å². The summed E-state index contributed by atoms with van der Waals surface area (Å²) in [7, 11) is 0. The minimum Gasteiger partial charge on any atom is -0.492 e. The molecule has 3 rings (SSSR count). The summed E-state index contributed by atoms with van der Waals surface area (Å²) in [4.78, 5) is 39.6. The number of amides is 3. The first-order chi connectivity index (χ1) is 15.5. The number of anilines is 2. The molecule has 8 nitrogen and oxygen atoms in total. The number of rotatable bonds is 10. The second kappa shape index (κ2) is 11.5. The van der Waals surface area contributed by atoms with Crippen molar-refractivity contribution in [2.24, 2.45) is 0 Å². The van der Waals surface area contributed by atoms with Crippen molar-refractivity contribution in [1.29, 1.82) is 0 Å². The number of nitrogens with one attached hydrogen (secondary N) is 2. The lowest BCUT2D eigenvalue weighted by molar-refractivity contribution is -0.131. The molecule has 0 aliphatic carbocycles. The van der Waals surface area contributed by atoms with Crippen LogP contribution in [0.4, 0.5) is 11.4 Å². The maximum atomic E-state index is 12.5. The first kappa shape index (κ1) is 23.6. The smallest absolute Gasteiger partial charge is 0.265 e. The summed E-state index contributed by atoms with van der Waals surface area (Å²) in [5, 5.41) is 7.51. The Hall–Kier alpha value is -3.07. The van der Waals surface area contributed by atoms with Crippen LogP contribution in [-0.2, 0) is 9.59 Å². The lowest BCUT2D eigenvalue weighted by atomic mass is 10.2. The van der Waals surface area contributed by atoms with E-state index in [0.717, 1.165) is 25.9 Å². The van der Waals surface area contributed by atoms with Crippen LogP contribution in [0, 0.1) is 0 Å². The third kappa shape index (κ3) is 6.23. The van der Waals surface area contributed by atoms with Gasteiger partial charge in [0.2, 0.25) is 11.8 Å². The van der Waals surface area contributed by atoms with Crippen molar-refractivity contribution in [2.75, 3.05) is 36.9 Å². The van der Waals surface area contributed by atoms with Crippen molar-refractivity contribution < 1.29 is 23.9 Å². The van der Waals surface area contributed by atoms with E-state index in [1.54, 1.807) is 23.1 Å². The first-order valence-electron chi connectivity index (χ1n) is 10.9. The van der Waals surface area contributed by atoms with Crippen LogP contribution in [0.15, 0.2) is 29.6 Å². The minimum atomic E-state index is -0.281. The summed E-state index contributed by atoms with van der Waals surface area (Å²) in [6.07, 6.45) is 2.29. The average Bonchev–Trinajstić information content (AvgIpc) is 3.49. The van der Waals surface area contributed by atoms with E-state index in [2.05, 4.69) is 10.6 Å². The molecule has 1 aromatic carbocycles. The number of carbonyl (C=O) groups is 3. The van der Waals surface area contributed by atoms with Gasteiger partial charge in [-0.3, -0.25) is 14.4 Å². The van der Waals surface area contributed by atoms with Crippen LogP contribution in [0.3, 0.4) is 0 Å². The van der Waals surface area contributed by atoms with Gasteiger partial charge in [-0.15, -0.1) is 11.3 Å². The Morgan fingerprint density at radius 2 is 1.59 bits per heavy atom. The topological polar surface area (TPSA) is 97.0 Å². The number of thiophene rings is 1. The largest absolute Gasteiger partial charge is 0.492 e. The van der Waals surface area contributed by atoms with Crippen molar-refractivity contribution in [3.63, 3.8) is 0 Å². The van der Waals surface area contributed by atoms with Gasteiger partial charge >= 0.3 is 0 Å². The van der Waals surface area contributed by atoms with E-state index in [9.17, 15) is 14.4 Å². The molecule has 0 radical (unpaired) electrons. The van der Waals surface area contributed by atoms with E-state index >= 15 is 0 Å². The Kier molecular flexibility index (Phi) is 8.49.